The first kappa shape index (κ1) is 13.5. The van der Waals surface area contributed by atoms with Gasteiger partial charge >= 0.3 is 16.3 Å². The molecule has 8 heteroatoms. The van der Waals surface area contributed by atoms with E-state index < -0.39 is 22.0 Å². The van der Waals surface area contributed by atoms with E-state index in [1.165, 1.54) is 18.2 Å². The Balaban J connectivity index is 3.15. The predicted molar refractivity (Wildman–Crippen MR) is 55.0 cm³/mol. The van der Waals surface area contributed by atoms with E-state index in [1.54, 1.807) is 0 Å². The average Bonchev–Trinajstić information content (AvgIpc) is 2.15. The smallest absolute Gasteiger partial charge is 0.268 e. The molecule has 0 heterocycles. The van der Waals surface area contributed by atoms with Crippen molar-refractivity contribution in [1.29, 1.82) is 0 Å². The fourth-order valence-corrected chi connectivity index (χ4v) is 1.18. The molecule has 0 amide bonds. The topological polar surface area (TPSA) is 55.7 Å². The van der Waals surface area contributed by atoms with Crippen LogP contribution in [0.25, 0.3) is 0 Å². The van der Waals surface area contributed by atoms with Gasteiger partial charge in [0.1, 0.15) is 0 Å². The molecule has 0 aliphatic carbocycles. The van der Waals surface area contributed by atoms with Crippen molar-refractivity contribution in [3.05, 3.63) is 35.9 Å². The van der Waals surface area contributed by atoms with Gasteiger partial charge in [-0.05, 0) is 0 Å². The van der Waals surface area contributed by atoms with Crippen LogP contribution in [0.4, 0.5) is 13.2 Å². The molecule has 0 unspecified atom stereocenters. The lowest BCUT2D eigenvalue weighted by Crippen LogP contribution is -2.24. The highest BCUT2D eigenvalue weighted by molar-refractivity contribution is 7.85. The second-order valence-corrected chi connectivity index (χ2v) is 4.64. The highest BCUT2D eigenvalue weighted by Gasteiger charge is 2.38. The minimum atomic E-state index is -4.80. The Labute approximate surface area is 95.8 Å². The Kier molecular flexibility index (Phi) is 3.76. The zero-order valence-corrected chi connectivity index (χ0v) is 9.42. The van der Waals surface area contributed by atoms with Crippen molar-refractivity contribution in [3.63, 3.8) is 0 Å². The van der Waals surface area contributed by atoms with Crippen molar-refractivity contribution in [1.82, 2.24) is 0 Å². The molecule has 4 nitrogen and oxygen atoms in total. The summed E-state index contributed by atoms with van der Waals surface area (Å²) in [5.41, 5.74) is -1.67. The van der Waals surface area contributed by atoms with E-state index in [0.29, 0.717) is 6.26 Å². The summed E-state index contributed by atoms with van der Waals surface area (Å²) in [5, 5.41) is 2.64. The zero-order chi connectivity index (χ0) is 13.1. The number of nitrogens with zero attached hydrogens (tertiary/aromatic N) is 1. The lowest BCUT2D eigenvalue weighted by Gasteiger charge is -2.09. The summed E-state index contributed by atoms with van der Waals surface area (Å²) in [6.45, 7) is 0. The Bertz CT molecular complexity index is 508. The average molecular weight is 267 g/mol. The van der Waals surface area contributed by atoms with Crippen LogP contribution in [0.5, 0.6) is 0 Å². The van der Waals surface area contributed by atoms with Gasteiger partial charge in [-0.3, -0.25) is 4.28 Å². The molecular formula is C9H8F3NO3S. The first-order chi connectivity index (χ1) is 7.70. The van der Waals surface area contributed by atoms with Crippen molar-refractivity contribution in [2.75, 3.05) is 6.26 Å². The second-order valence-electron chi connectivity index (χ2n) is 3.08. The Morgan fingerprint density at radius 2 is 1.76 bits per heavy atom. The molecular weight excluding hydrogens is 259 g/mol. The van der Waals surface area contributed by atoms with Crippen molar-refractivity contribution >= 4 is 15.8 Å². The van der Waals surface area contributed by atoms with Gasteiger partial charge in [0, 0.05) is 5.56 Å². The van der Waals surface area contributed by atoms with Gasteiger partial charge in [-0.1, -0.05) is 35.5 Å². The maximum Gasteiger partial charge on any atom is 0.437 e. The molecule has 0 saturated carbocycles. The Morgan fingerprint density at radius 1 is 1.24 bits per heavy atom. The van der Waals surface area contributed by atoms with E-state index in [1.807, 2.05) is 0 Å². The summed E-state index contributed by atoms with van der Waals surface area (Å²) in [7, 11) is -4.07. The van der Waals surface area contributed by atoms with Gasteiger partial charge in [-0.25, -0.2) is 0 Å². The van der Waals surface area contributed by atoms with Gasteiger partial charge in [0.15, 0.2) is 5.71 Å². The third kappa shape index (κ3) is 4.43. The van der Waals surface area contributed by atoms with Crippen molar-refractivity contribution in [2.24, 2.45) is 5.16 Å². The lowest BCUT2D eigenvalue weighted by atomic mass is 10.1. The first-order valence-corrected chi connectivity index (χ1v) is 6.11. The largest absolute Gasteiger partial charge is 0.437 e. The molecule has 0 bridgehead atoms. The number of benzene rings is 1. The predicted octanol–water partition coefficient (Wildman–Crippen LogP) is 1.93. The minimum absolute atomic E-state index is 0.274. The van der Waals surface area contributed by atoms with Gasteiger partial charge in [0.05, 0.1) is 6.26 Å². The number of alkyl halides is 3. The standard InChI is InChI=1S/C9H8F3NO3S/c1-17(14,15)16-13-8(9(10,11)12)7-5-3-2-4-6-7/h2-6H,1H3. The van der Waals surface area contributed by atoms with Crippen LogP contribution in [0.3, 0.4) is 0 Å². The normalized spacial score (nSPS) is 13.5. The van der Waals surface area contributed by atoms with E-state index in [4.69, 9.17) is 0 Å². The van der Waals surface area contributed by atoms with Gasteiger partial charge in [-0.15, -0.1) is 0 Å². The molecule has 0 N–H and O–H groups in total. The summed E-state index contributed by atoms with van der Waals surface area (Å²) in [4.78, 5) is 0. The van der Waals surface area contributed by atoms with E-state index in [9.17, 15) is 21.6 Å². The van der Waals surface area contributed by atoms with Crippen molar-refractivity contribution in [3.8, 4) is 0 Å². The van der Waals surface area contributed by atoms with Crippen molar-refractivity contribution < 1.29 is 25.9 Å². The van der Waals surface area contributed by atoms with E-state index in [0.717, 1.165) is 12.1 Å². The van der Waals surface area contributed by atoms with Crippen LogP contribution in [0, 0.1) is 0 Å². The summed E-state index contributed by atoms with van der Waals surface area (Å²) >= 11 is 0. The molecule has 1 rings (SSSR count). The van der Waals surface area contributed by atoms with E-state index >= 15 is 0 Å². The highest BCUT2D eigenvalue weighted by Crippen LogP contribution is 2.22. The first-order valence-electron chi connectivity index (χ1n) is 4.29. The molecule has 0 aromatic heterocycles. The molecule has 0 aliphatic rings. The van der Waals surface area contributed by atoms with Crippen LogP contribution >= 0.6 is 0 Å². The minimum Gasteiger partial charge on any atom is -0.268 e. The maximum absolute atomic E-state index is 12.6. The molecule has 0 spiro atoms. The van der Waals surface area contributed by atoms with Crippen LogP contribution in [0.2, 0.25) is 0 Å². The van der Waals surface area contributed by atoms with E-state index in [2.05, 4.69) is 9.44 Å². The van der Waals surface area contributed by atoms with Gasteiger partial charge < -0.3 is 0 Å². The molecule has 0 atom stereocenters. The lowest BCUT2D eigenvalue weighted by molar-refractivity contribution is -0.0596. The number of halogens is 3. The van der Waals surface area contributed by atoms with E-state index in [-0.39, 0.29) is 5.56 Å². The summed E-state index contributed by atoms with van der Waals surface area (Å²) in [5.74, 6) is 0. The quantitative estimate of drug-likeness (QED) is 0.621. The SMILES string of the molecule is CS(=O)(=O)ON=C(c1ccccc1)C(F)(F)F. The molecule has 1 aromatic rings. The third-order valence-corrected chi connectivity index (χ3v) is 1.93. The number of hydrogen-bond acceptors (Lipinski definition) is 4. The molecule has 0 radical (unpaired) electrons. The maximum atomic E-state index is 12.6. The number of oxime groups is 1. The molecule has 94 valence electrons. The van der Waals surface area contributed by atoms with Crippen LogP contribution in [0.1, 0.15) is 5.56 Å². The van der Waals surface area contributed by atoms with Crippen LogP contribution < -0.4 is 0 Å². The Morgan fingerprint density at radius 3 is 2.18 bits per heavy atom. The summed E-state index contributed by atoms with van der Waals surface area (Å²) in [6, 6.07) is 6.57. The monoisotopic (exact) mass is 267 g/mol. The number of hydrogen-bond donors (Lipinski definition) is 0. The Hall–Kier alpha value is -1.57. The van der Waals surface area contributed by atoms with Gasteiger partial charge in [0.25, 0.3) is 0 Å². The summed E-state index contributed by atoms with van der Waals surface area (Å²) in [6.07, 6.45) is -4.19. The third-order valence-electron chi connectivity index (χ3n) is 1.58. The fraction of sp³-hybridized carbons (Fsp3) is 0.222. The second kappa shape index (κ2) is 4.74. The van der Waals surface area contributed by atoms with Crippen LogP contribution in [-0.4, -0.2) is 26.6 Å². The molecule has 17 heavy (non-hydrogen) atoms. The summed E-state index contributed by atoms with van der Waals surface area (Å²) < 4.78 is 62.7. The van der Waals surface area contributed by atoms with Crippen molar-refractivity contribution in [2.45, 2.75) is 6.18 Å². The fourth-order valence-electron chi connectivity index (χ4n) is 0.969. The number of rotatable bonds is 3. The molecule has 0 saturated heterocycles. The highest BCUT2D eigenvalue weighted by atomic mass is 32.2. The molecule has 0 fully saturated rings. The van der Waals surface area contributed by atoms with Gasteiger partial charge in [0.2, 0.25) is 0 Å². The zero-order valence-electron chi connectivity index (χ0n) is 8.60. The molecule has 1 aromatic carbocycles. The molecule has 0 aliphatic heterocycles. The van der Waals surface area contributed by atoms with Crippen LogP contribution in [-0.2, 0) is 14.4 Å². The van der Waals surface area contributed by atoms with Crippen LogP contribution in [0.15, 0.2) is 35.5 Å². The van der Waals surface area contributed by atoms with Gasteiger partial charge in [-0.2, -0.15) is 21.6 Å².